The Hall–Kier alpha value is -2.69. The van der Waals surface area contributed by atoms with E-state index < -0.39 is 28.5 Å². The fraction of sp³-hybridized carbons (Fsp3) is 0.440. The molecule has 2 amide bonds. The van der Waals surface area contributed by atoms with Crippen LogP contribution in [0.15, 0.2) is 36.4 Å². The number of rotatable bonds is 12. The largest absolute Gasteiger partial charge is 0.493 e. The van der Waals surface area contributed by atoms with Crippen molar-refractivity contribution in [2.75, 3.05) is 37.9 Å². The van der Waals surface area contributed by atoms with Gasteiger partial charge in [-0.1, -0.05) is 43.1 Å². The standard InChI is InChI=1S/C25H33Cl2N3O6S/c1-16(2)13-28-25(32)17(3)29(14-18-7-9-20(26)21(27)11-18)24(31)15-30(37(6,33)34)19-8-10-22(35-4)23(12-19)36-5/h7-12,16-17H,13-15H2,1-6H3,(H,28,32)/t17-/m0/s1. The third-order valence-electron chi connectivity index (χ3n) is 5.52. The van der Waals surface area contributed by atoms with E-state index in [0.29, 0.717) is 33.7 Å². The van der Waals surface area contributed by atoms with Gasteiger partial charge < -0.3 is 19.7 Å². The maximum absolute atomic E-state index is 13.6. The van der Waals surface area contributed by atoms with Gasteiger partial charge in [0.15, 0.2) is 11.5 Å². The molecule has 0 aliphatic rings. The molecule has 2 aromatic rings. The lowest BCUT2D eigenvalue weighted by Gasteiger charge is -2.31. The molecule has 0 spiro atoms. The van der Waals surface area contributed by atoms with Gasteiger partial charge in [-0.25, -0.2) is 8.42 Å². The molecule has 1 atom stereocenters. The highest BCUT2D eigenvalue weighted by Gasteiger charge is 2.30. The number of benzene rings is 2. The first kappa shape index (κ1) is 30.5. The number of hydrogen-bond acceptors (Lipinski definition) is 6. The van der Waals surface area contributed by atoms with Crippen LogP contribution in [-0.2, 0) is 26.2 Å². The van der Waals surface area contributed by atoms with E-state index in [9.17, 15) is 18.0 Å². The normalized spacial score (nSPS) is 12.1. The summed E-state index contributed by atoms with van der Waals surface area (Å²) in [5.74, 6) is -0.0309. The number of anilines is 1. The van der Waals surface area contributed by atoms with Gasteiger partial charge in [0, 0.05) is 19.2 Å². The van der Waals surface area contributed by atoms with Crippen LogP contribution in [0.1, 0.15) is 26.3 Å². The van der Waals surface area contributed by atoms with Crippen LogP contribution in [0, 0.1) is 5.92 Å². The SMILES string of the molecule is COc1ccc(N(CC(=O)N(Cc2ccc(Cl)c(Cl)c2)[C@@H](C)C(=O)NCC(C)C)S(C)(=O)=O)cc1OC. The second-order valence-corrected chi connectivity index (χ2v) is 11.6. The fourth-order valence-electron chi connectivity index (χ4n) is 3.46. The molecule has 2 rings (SSSR count). The molecule has 37 heavy (non-hydrogen) atoms. The number of halogens is 2. The number of methoxy groups -OCH3 is 2. The second kappa shape index (κ2) is 13.2. The molecule has 12 heteroatoms. The monoisotopic (exact) mass is 573 g/mol. The lowest BCUT2D eigenvalue weighted by Crippen LogP contribution is -2.51. The van der Waals surface area contributed by atoms with Crippen molar-refractivity contribution in [1.82, 2.24) is 10.2 Å². The third-order valence-corrected chi connectivity index (χ3v) is 7.40. The molecule has 0 aromatic heterocycles. The van der Waals surface area contributed by atoms with Crippen molar-refractivity contribution in [2.24, 2.45) is 5.92 Å². The lowest BCUT2D eigenvalue weighted by molar-refractivity contribution is -0.139. The highest BCUT2D eigenvalue weighted by molar-refractivity contribution is 7.92. The second-order valence-electron chi connectivity index (χ2n) is 8.89. The molecule has 0 aliphatic carbocycles. The Morgan fingerprint density at radius 3 is 2.16 bits per heavy atom. The van der Waals surface area contributed by atoms with Crippen LogP contribution in [0.4, 0.5) is 5.69 Å². The Labute approximate surface area is 228 Å². The van der Waals surface area contributed by atoms with Crippen molar-refractivity contribution in [2.45, 2.75) is 33.4 Å². The zero-order chi connectivity index (χ0) is 27.9. The summed E-state index contributed by atoms with van der Waals surface area (Å²) < 4.78 is 36.9. The van der Waals surface area contributed by atoms with Crippen molar-refractivity contribution in [3.63, 3.8) is 0 Å². The molecule has 9 nitrogen and oxygen atoms in total. The van der Waals surface area contributed by atoms with Gasteiger partial charge in [0.2, 0.25) is 21.8 Å². The molecule has 0 unspecified atom stereocenters. The van der Waals surface area contributed by atoms with Crippen LogP contribution in [0.3, 0.4) is 0 Å². The van der Waals surface area contributed by atoms with Crippen molar-refractivity contribution in [1.29, 1.82) is 0 Å². The molecule has 0 saturated heterocycles. The van der Waals surface area contributed by atoms with Crippen molar-refractivity contribution < 1.29 is 27.5 Å². The first-order valence-corrected chi connectivity index (χ1v) is 14.1. The first-order valence-electron chi connectivity index (χ1n) is 11.5. The van der Waals surface area contributed by atoms with Crippen molar-refractivity contribution >= 4 is 50.7 Å². The molecule has 0 fully saturated rings. The number of nitrogens with one attached hydrogen (secondary N) is 1. The van der Waals surface area contributed by atoms with Gasteiger partial charge in [-0.3, -0.25) is 13.9 Å². The number of hydrogen-bond donors (Lipinski definition) is 1. The fourth-order valence-corrected chi connectivity index (χ4v) is 4.63. The average molecular weight is 575 g/mol. The summed E-state index contributed by atoms with van der Waals surface area (Å²) in [5, 5.41) is 3.47. The number of carbonyl (C=O) groups is 2. The Kier molecular flexibility index (Phi) is 10.9. The van der Waals surface area contributed by atoms with Gasteiger partial charge in [0.25, 0.3) is 0 Å². The third kappa shape index (κ3) is 8.41. The summed E-state index contributed by atoms with van der Waals surface area (Å²) in [7, 11) is -1.01. The molecule has 0 radical (unpaired) electrons. The van der Waals surface area contributed by atoms with Crippen LogP contribution in [0.25, 0.3) is 0 Å². The van der Waals surface area contributed by atoms with Gasteiger partial charge in [-0.2, -0.15) is 0 Å². The average Bonchev–Trinajstić information content (AvgIpc) is 2.84. The molecule has 0 saturated carbocycles. The van der Waals surface area contributed by atoms with E-state index in [-0.39, 0.29) is 24.1 Å². The number of carbonyl (C=O) groups excluding carboxylic acids is 2. The van der Waals surface area contributed by atoms with Gasteiger partial charge in [-0.15, -0.1) is 0 Å². The first-order chi connectivity index (χ1) is 17.3. The predicted molar refractivity (Wildman–Crippen MR) is 146 cm³/mol. The highest BCUT2D eigenvalue weighted by Crippen LogP contribution is 2.32. The van der Waals surface area contributed by atoms with E-state index in [4.69, 9.17) is 32.7 Å². The molecule has 0 heterocycles. The minimum Gasteiger partial charge on any atom is -0.493 e. The van der Waals surface area contributed by atoms with Crippen LogP contribution < -0.4 is 19.1 Å². The molecule has 204 valence electrons. The van der Waals surface area contributed by atoms with Crippen LogP contribution in [-0.4, -0.2) is 64.7 Å². The molecule has 2 aromatic carbocycles. The number of ether oxygens (including phenoxy) is 2. The van der Waals surface area contributed by atoms with E-state index in [1.807, 2.05) is 13.8 Å². The van der Waals surface area contributed by atoms with Gasteiger partial charge in [-0.05, 0) is 42.7 Å². The molecular formula is C25H33Cl2N3O6S. The quantitative estimate of drug-likeness (QED) is 0.412. The minimum atomic E-state index is -3.89. The summed E-state index contributed by atoms with van der Waals surface area (Å²) in [4.78, 5) is 27.8. The maximum Gasteiger partial charge on any atom is 0.244 e. The summed E-state index contributed by atoms with van der Waals surface area (Å²) in [5.41, 5.74) is 0.836. The zero-order valence-electron chi connectivity index (χ0n) is 21.7. The highest BCUT2D eigenvalue weighted by atomic mass is 35.5. The topological polar surface area (TPSA) is 105 Å². The molecular weight excluding hydrogens is 541 g/mol. The number of amides is 2. The van der Waals surface area contributed by atoms with Gasteiger partial charge >= 0.3 is 0 Å². The summed E-state index contributed by atoms with van der Waals surface area (Å²) >= 11 is 12.2. The Morgan fingerprint density at radius 2 is 1.62 bits per heavy atom. The molecule has 0 bridgehead atoms. The van der Waals surface area contributed by atoms with E-state index in [2.05, 4.69) is 5.32 Å². The Bertz CT molecular complexity index is 1220. The van der Waals surface area contributed by atoms with E-state index >= 15 is 0 Å². The van der Waals surface area contributed by atoms with Crippen molar-refractivity contribution in [3.05, 3.63) is 52.0 Å². The van der Waals surface area contributed by atoms with Crippen LogP contribution in [0.5, 0.6) is 11.5 Å². The number of nitrogens with zero attached hydrogens (tertiary/aromatic N) is 2. The zero-order valence-corrected chi connectivity index (χ0v) is 24.1. The Morgan fingerprint density at radius 1 is 0.973 bits per heavy atom. The Balaban J connectivity index is 2.44. The van der Waals surface area contributed by atoms with E-state index in [1.54, 1.807) is 31.2 Å². The summed E-state index contributed by atoms with van der Waals surface area (Å²) in [6, 6.07) is 8.52. The number of sulfonamides is 1. The van der Waals surface area contributed by atoms with Gasteiger partial charge in [0.1, 0.15) is 12.6 Å². The molecule has 0 aliphatic heterocycles. The smallest absolute Gasteiger partial charge is 0.244 e. The maximum atomic E-state index is 13.6. The summed E-state index contributed by atoms with van der Waals surface area (Å²) in [6.45, 7) is 5.39. The van der Waals surface area contributed by atoms with Gasteiger partial charge in [0.05, 0.1) is 36.2 Å². The van der Waals surface area contributed by atoms with Crippen molar-refractivity contribution in [3.8, 4) is 11.5 Å². The lowest BCUT2D eigenvalue weighted by atomic mass is 10.1. The summed E-state index contributed by atoms with van der Waals surface area (Å²) in [6.07, 6.45) is 0.999. The van der Waals surface area contributed by atoms with Crippen LogP contribution >= 0.6 is 23.2 Å². The van der Waals surface area contributed by atoms with E-state index in [1.165, 1.54) is 31.3 Å². The minimum absolute atomic E-state index is 0.00945. The molecule has 1 N–H and O–H groups in total. The van der Waals surface area contributed by atoms with Crippen LogP contribution in [0.2, 0.25) is 10.0 Å². The predicted octanol–water partition coefficient (Wildman–Crippen LogP) is 3.97. The van der Waals surface area contributed by atoms with E-state index in [0.717, 1.165) is 10.6 Å².